The lowest BCUT2D eigenvalue weighted by Gasteiger charge is -2.24. The molecule has 0 bridgehead atoms. The lowest BCUT2D eigenvalue weighted by atomic mass is 10.1. The zero-order chi connectivity index (χ0) is 12.8. The van der Waals surface area contributed by atoms with Crippen LogP contribution in [-0.2, 0) is 9.53 Å². The summed E-state index contributed by atoms with van der Waals surface area (Å²) in [7, 11) is 0. The van der Waals surface area contributed by atoms with E-state index in [0.29, 0.717) is 13.0 Å². The number of rotatable bonds is 4. The Bertz CT molecular complexity index is 377. The first-order valence-electron chi connectivity index (χ1n) is 6.27. The van der Waals surface area contributed by atoms with Gasteiger partial charge in [-0.05, 0) is 19.1 Å². The molecule has 1 aromatic heterocycles. The summed E-state index contributed by atoms with van der Waals surface area (Å²) in [5, 5.41) is 6.21. The zero-order valence-electron chi connectivity index (χ0n) is 10.6. The fourth-order valence-electron chi connectivity index (χ4n) is 1.98. The molecule has 1 aliphatic rings. The molecule has 2 rings (SSSR count). The van der Waals surface area contributed by atoms with Crippen LogP contribution in [0, 0.1) is 0 Å². The van der Waals surface area contributed by atoms with E-state index in [1.165, 1.54) is 0 Å². The molecule has 2 atom stereocenters. The van der Waals surface area contributed by atoms with Gasteiger partial charge in [0.25, 0.3) is 0 Å². The number of carbonyl (C=O) groups is 1. The van der Waals surface area contributed by atoms with Gasteiger partial charge in [-0.1, -0.05) is 6.07 Å². The highest BCUT2D eigenvalue weighted by atomic mass is 16.5. The highest BCUT2D eigenvalue weighted by molar-refractivity contribution is 5.77. The number of aromatic nitrogens is 1. The Kier molecular flexibility index (Phi) is 4.66. The van der Waals surface area contributed by atoms with Crippen LogP contribution in [0.3, 0.4) is 0 Å². The number of nitrogens with one attached hydrogen (secondary N) is 2. The second kappa shape index (κ2) is 6.47. The highest BCUT2D eigenvalue weighted by Crippen LogP contribution is 2.08. The van der Waals surface area contributed by atoms with Crippen LogP contribution < -0.4 is 10.6 Å². The van der Waals surface area contributed by atoms with Crippen LogP contribution in [0.1, 0.15) is 25.1 Å². The van der Waals surface area contributed by atoms with E-state index in [1.54, 1.807) is 6.20 Å². The van der Waals surface area contributed by atoms with Crippen LogP contribution in [0.25, 0.3) is 0 Å². The molecule has 2 heterocycles. The van der Waals surface area contributed by atoms with E-state index in [9.17, 15) is 4.79 Å². The maximum absolute atomic E-state index is 11.9. The molecule has 0 saturated carbocycles. The van der Waals surface area contributed by atoms with Crippen LogP contribution in [0.5, 0.6) is 0 Å². The Labute approximate surface area is 107 Å². The molecule has 98 valence electrons. The summed E-state index contributed by atoms with van der Waals surface area (Å²) >= 11 is 0. The molecule has 18 heavy (non-hydrogen) atoms. The fourth-order valence-corrected chi connectivity index (χ4v) is 1.98. The van der Waals surface area contributed by atoms with Crippen molar-refractivity contribution in [1.82, 2.24) is 15.6 Å². The topological polar surface area (TPSA) is 63.2 Å². The largest absolute Gasteiger partial charge is 0.378 e. The molecular weight excluding hydrogens is 230 g/mol. The minimum atomic E-state index is -0.0665. The first kappa shape index (κ1) is 13.0. The van der Waals surface area contributed by atoms with Crippen LogP contribution in [0.15, 0.2) is 24.4 Å². The summed E-state index contributed by atoms with van der Waals surface area (Å²) in [6, 6.07) is 5.74. The summed E-state index contributed by atoms with van der Waals surface area (Å²) in [4.78, 5) is 16.1. The predicted molar refractivity (Wildman–Crippen MR) is 68.0 cm³/mol. The summed E-state index contributed by atoms with van der Waals surface area (Å²) in [6.07, 6.45) is 2.17. The van der Waals surface area contributed by atoms with Gasteiger partial charge in [0.2, 0.25) is 5.91 Å². The summed E-state index contributed by atoms with van der Waals surface area (Å²) in [5.74, 6) is 0.0242. The van der Waals surface area contributed by atoms with Crippen molar-refractivity contribution in [3.63, 3.8) is 0 Å². The molecule has 2 unspecified atom stereocenters. The van der Waals surface area contributed by atoms with Gasteiger partial charge in [-0.25, -0.2) is 0 Å². The van der Waals surface area contributed by atoms with E-state index in [4.69, 9.17) is 4.74 Å². The van der Waals surface area contributed by atoms with Crippen LogP contribution >= 0.6 is 0 Å². The first-order valence-corrected chi connectivity index (χ1v) is 6.27. The smallest absolute Gasteiger partial charge is 0.222 e. The molecule has 5 nitrogen and oxygen atoms in total. The normalized spacial score (nSPS) is 21.3. The third-order valence-electron chi connectivity index (χ3n) is 2.94. The predicted octanol–water partition coefficient (Wildman–Crippen LogP) is 0.637. The van der Waals surface area contributed by atoms with Crippen molar-refractivity contribution in [3.05, 3.63) is 30.1 Å². The SMILES string of the molecule is CC(NC(=O)CC1COCCN1)c1ccccn1. The number of pyridine rings is 1. The fraction of sp³-hybridized carbons (Fsp3) is 0.538. The standard InChI is InChI=1S/C13H19N3O2/c1-10(12-4-2-3-5-15-12)16-13(17)8-11-9-18-7-6-14-11/h2-5,10-11,14H,6-9H2,1H3,(H,16,17). The summed E-state index contributed by atoms with van der Waals surface area (Å²) in [6.45, 7) is 4.08. The Hall–Kier alpha value is -1.46. The molecule has 5 heteroatoms. The molecule has 2 N–H and O–H groups in total. The maximum atomic E-state index is 11.9. The van der Waals surface area contributed by atoms with Gasteiger partial charge in [-0.3, -0.25) is 9.78 Å². The maximum Gasteiger partial charge on any atom is 0.222 e. The van der Waals surface area contributed by atoms with Gasteiger partial charge in [-0.2, -0.15) is 0 Å². The third-order valence-corrected chi connectivity index (χ3v) is 2.94. The lowest BCUT2D eigenvalue weighted by molar-refractivity contribution is -0.122. The molecule has 1 fully saturated rings. The Morgan fingerprint density at radius 3 is 3.22 bits per heavy atom. The van der Waals surface area contributed by atoms with Gasteiger partial charge in [0, 0.05) is 25.2 Å². The number of hydrogen-bond acceptors (Lipinski definition) is 4. The Balaban J connectivity index is 1.80. The molecule has 0 radical (unpaired) electrons. The number of nitrogens with zero attached hydrogens (tertiary/aromatic N) is 1. The molecule has 1 saturated heterocycles. The van der Waals surface area contributed by atoms with Gasteiger partial charge in [0.15, 0.2) is 0 Å². The van der Waals surface area contributed by atoms with Crippen molar-refractivity contribution in [2.24, 2.45) is 0 Å². The van der Waals surface area contributed by atoms with Crippen molar-refractivity contribution >= 4 is 5.91 Å². The second-order valence-corrected chi connectivity index (χ2v) is 4.47. The number of amides is 1. The average molecular weight is 249 g/mol. The van der Waals surface area contributed by atoms with E-state index < -0.39 is 0 Å². The number of morpholine rings is 1. The summed E-state index contributed by atoms with van der Waals surface area (Å²) in [5.41, 5.74) is 0.874. The Morgan fingerprint density at radius 2 is 2.56 bits per heavy atom. The average Bonchev–Trinajstić information content (AvgIpc) is 2.40. The van der Waals surface area contributed by atoms with Crippen LogP contribution in [-0.4, -0.2) is 36.7 Å². The monoisotopic (exact) mass is 249 g/mol. The van der Waals surface area contributed by atoms with Gasteiger partial charge in [0.1, 0.15) is 0 Å². The van der Waals surface area contributed by atoms with Crippen molar-refractivity contribution < 1.29 is 9.53 Å². The van der Waals surface area contributed by atoms with Gasteiger partial charge < -0.3 is 15.4 Å². The number of hydrogen-bond donors (Lipinski definition) is 2. The molecule has 0 aliphatic carbocycles. The minimum absolute atomic E-state index is 0.0242. The van der Waals surface area contributed by atoms with E-state index >= 15 is 0 Å². The second-order valence-electron chi connectivity index (χ2n) is 4.47. The van der Waals surface area contributed by atoms with E-state index in [1.807, 2.05) is 25.1 Å². The molecule has 0 aromatic carbocycles. The molecule has 0 spiro atoms. The first-order chi connectivity index (χ1) is 8.75. The van der Waals surface area contributed by atoms with E-state index in [-0.39, 0.29) is 18.0 Å². The zero-order valence-corrected chi connectivity index (χ0v) is 10.6. The molecule has 1 amide bonds. The molecule has 1 aromatic rings. The lowest BCUT2D eigenvalue weighted by Crippen LogP contribution is -2.44. The van der Waals surface area contributed by atoms with E-state index in [0.717, 1.165) is 18.8 Å². The van der Waals surface area contributed by atoms with Crippen molar-refractivity contribution in [2.75, 3.05) is 19.8 Å². The summed E-state index contributed by atoms with van der Waals surface area (Å²) < 4.78 is 5.32. The minimum Gasteiger partial charge on any atom is -0.378 e. The molecule has 1 aliphatic heterocycles. The quantitative estimate of drug-likeness (QED) is 0.822. The Morgan fingerprint density at radius 1 is 1.67 bits per heavy atom. The van der Waals surface area contributed by atoms with Gasteiger partial charge in [-0.15, -0.1) is 0 Å². The van der Waals surface area contributed by atoms with Crippen molar-refractivity contribution in [1.29, 1.82) is 0 Å². The van der Waals surface area contributed by atoms with Gasteiger partial charge >= 0.3 is 0 Å². The number of ether oxygens (including phenoxy) is 1. The van der Waals surface area contributed by atoms with E-state index in [2.05, 4.69) is 15.6 Å². The molecular formula is C13H19N3O2. The van der Waals surface area contributed by atoms with Crippen molar-refractivity contribution in [2.45, 2.75) is 25.4 Å². The van der Waals surface area contributed by atoms with Crippen LogP contribution in [0.2, 0.25) is 0 Å². The van der Waals surface area contributed by atoms with Crippen LogP contribution in [0.4, 0.5) is 0 Å². The highest BCUT2D eigenvalue weighted by Gasteiger charge is 2.18. The van der Waals surface area contributed by atoms with Gasteiger partial charge in [0.05, 0.1) is 24.9 Å². The third kappa shape index (κ3) is 3.78. The number of carbonyl (C=O) groups excluding carboxylic acids is 1. The van der Waals surface area contributed by atoms with Crippen molar-refractivity contribution in [3.8, 4) is 0 Å².